The van der Waals surface area contributed by atoms with E-state index in [0.717, 1.165) is 11.3 Å². The molecule has 0 heterocycles. The Balaban J connectivity index is 1.64. The summed E-state index contributed by atoms with van der Waals surface area (Å²) in [7, 11) is 1.75. The van der Waals surface area contributed by atoms with Crippen LogP contribution in [0.15, 0.2) is 84.9 Å². The van der Waals surface area contributed by atoms with E-state index in [0.29, 0.717) is 17.3 Å². The summed E-state index contributed by atoms with van der Waals surface area (Å²) in [4.78, 5) is 28.9. The second-order valence-electron chi connectivity index (χ2n) is 7.00. The van der Waals surface area contributed by atoms with E-state index in [1.165, 1.54) is 0 Å². The normalized spacial score (nSPS) is 10.6. The molecule has 0 aromatic heterocycles. The van der Waals surface area contributed by atoms with Gasteiger partial charge in [0.05, 0.1) is 30.3 Å². The lowest BCUT2D eigenvalue weighted by atomic mass is 10.2. The molecule has 1 N–H and O–H groups in total. The third-order valence-electron chi connectivity index (χ3n) is 4.52. The zero-order valence-electron chi connectivity index (χ0n) is 16.8. The van der Waals surface area contributed by atoms with Gasteiger partial charge in [-0.25, -0.2) is 0 Å². The van der Waals surface area contributed by atoms with Crippen LogP contribution in [0.5, 0.6) is 0 Å². The number of anilines is 2. The van der Waals surface area contributed by atoms with Gasteiger partial charge in [0, 0.05) is 5.69 Å². The first kappa shape index (κ1) is 21.6. The summed E-state index contributed by atoms with van der Waals surface area (Å²) in [5.74, 6) is -0.314. The highest BCUT2D eigenvalue weighted by molar-refractivity contribution is 6.33. The number of likely N-dealkylation sites (N-methyl/N-ethyl adjacent to an activating group) is 1. The molecule has 0 bridgehead atoms. The quantitative estimate of drug-likeness (QED) is 0.584. The van der Waals surface area contributed by atoms with Gasteiger partial charge in [-0.2, -0.15) is 0 Å². The monoisotopic (exact) mass is 421 g/mol. The SMILES string of the molecule is CN(CC(=O)Nc1ccccc1Cl)CC(=O)N(Cc1ccccc1)c1ccccc1. The summed E-state index contributed by atoms with van der Waals surface area (Å²) < 4.78 is 0. The Kier molecular flexibility index (Phi) is 7.60. The van der Waals surface area contributed by atoms with Gasteiger partial charge < -0.3 is 10.2 Å². The molecule has 2 amide bonds. The highest BCUT2D eigenvalue weighted by Crippen LogP contribution is 2.20. The summed E-state index contributed by atoms with van der Waals surface area (Å²) >= 11 is 6.09. The van der Waals surface area contributed by atoms with Gasteiger partial charge in [-0.1, -0.05) is 72.3 Å². The fourth-order valence-corrected chi connectivity index (χ4v) is 3.25. The number of nitrogens with zero attached hydrogens (tertiary/aromatic N) is 2. The molecule has 0 fully saturated rings. The summed E-state index contributed by atoms with van der Waals surface area (Å²) in [6.45, 7) is 0.645. The molecule has 0 saturated carbocycles. The van der Waals surface area contributed by atoms with Crippen molar-refractivity contribution in [3.63, 3.8) is 0 Å². The topological polar surface area (TPSA) is 52.7 Å². The minimum absolute atomic E-state index is 0.0743. The minimum atomic E-state index is -0.229. The van der Waals surface area contributed by atoms with E-state index in [-0.39, 0.29) is 24.9 Å². The highest BCUT2D eigenvalue weighted by atomic mass is 35.5. The number of para-hydroxylation sites is 2. The van der Waals surface area contributed by atoms with Crippen LogP contribution in [0.1, 0.15) is 5.56 Å². The van der Waals surface area contributed by atoms with Gasteiger partial charge in [0.1, 0.15) is 0 Å². The van der Waals surface area contributed by atoms with Gasteiger partial charge in [-0.15, -0.1) is 0 Å². The van der Waals surface area contributed by atoms with Crippen LogP contribution in [0.2, 0.25) is 5.02 Å². The van der Waals surface area contributed by atoms with Crippen LogP contribution in [-0.4, -0.2) is 36.9 Å². The Morgan fingerprint density at radius 3 is 2.10 bits per heavy atom. The molecule has 0 unspecified atom stereocenters. The van der Waals surface area contributed by atoms with E-state index >= 15 is 0 Å². The smallest absolute Gasteiger partial charge is 0.241 e. The van der Waals surface area contributed by atoms with Crippen molar-refractivity contribution in [3.05, 3.63) is 95.5 Å². The largest absolute Gasteiger partial charge is 0.324 e. The first-order valence-corrected chi connectivity index (χ1v) is 10.0. The molecular weight excluding hydrogens is 398 g/mol. The maximum absolute atomic E-state index is 13.1. The number of carbonyl (C=O) groups is 2. The number of hydrogen-bond donors (Lipinski definition) is 1. The maximum Gasteiger partial charge on any atom is 0.241 e. The summed E-state index contributed by atoms with van der Waals surface area (Å²) in [6.07, 6.45) is 0. The Labute approximate surface area is 181 Å². The van der Waals surface area contributed by atoms with Crippen LogP contribution in [0, 0.1) is 0 Å². The number of halogens is 1. The summed E-state index contributed by atoms with van der Waals surface area (Å²) in [5, 5.41) is 3.25. The zero-order valence-corrected chi connectivity index (χ0v) is 17.5. The molecular formula is C24H24ClN3O2. The van der Waals surface area contributed by atoms with Crippen molar-refractivity contribution >= 4 is 34.8 Å². The molecule has 3 rings (SSSR count). The second kappa shape index (κ2) is 10.6. The lowest BCUT2D eigenvalue weighted by Gasteiger charge is -2.26. The van der Waals surface area contributed by atoms with Gasteiger partial charge in [0.25, 0.3) is 0 Å². The number of nitrogens with one attached hydrogen (secondary N) is 1. The molecule has 0 aliphatic carbocycles. The zero-order chi connectivity index (χ0) is 21.3. The van der Waals surface area contributed by atoms with Crippen molar-refractivity contribution in [1.82, 2.24) is 4.90 Å². The van der Waals surface area contributed by atoms with Gasteiger partial charge in [-0.3, -0.25) is 14.5 Å². The van der Waals surface area contributed by atoms with Crippen molar-refractivity contribution < 1.29 is 9.59 Å². The third kappa shape index (κ3) is 6.17. The van der Waals surface area contributed by atoms with E-state index in [4.69, 9.17) is 11.6 Å². The number of carbonyl (C=O) groups excluding carboxylic acids is 2. The first-order valence-electron chi connectivity index (χ1n) is 9.65. The lowest BCUT2D eigenvalue weighted by Crippen LogP contribution is -2.41. The molecule has 0 radical (unpaired) electrons. The van der Waals surface area contributed by atoms with Crippen LogP contribution >= 0.6 is 11.6 Å². The summed E-state index contributed by atoms with van der Waals surface area (Å²) in [5.41, 5.74) is 2.41. The minimum Gasteiger partial charge on any atom is -0.324 e. The second-order valence-corrected chi connectivity index (χ2v) is 7.41. The molecule has 0 aliphatic heterocycles. The molecule has 5 nitrogen and oxygen atoms in total. The number of hydrogen-bond acceptors (Lipinski definition) is 3. The fraction of sp³-hybridized carbons (Fsp3) is 0.167. The van der Waals surface area contributed by atoms with E-state index in [9.17, 15) is 9.59 Å². The molecule has 0 atom stereocenters. The van der Waals surface area contributed by atoms with E-state index in [2.05, 4.69) is 5.32 Å². The Hall–Kier alpha value is -3.15. The van der Waals surface area contributed by atoms with Crippen LogP contribution in [0.25, 0.3) is 0 Å². The summed E-state index contributed by atoms with van der Waals surface area (Å²) in [6, 6.07) is 26.4. The number of benzene rings is 3. The molecule has 0 spiro atoms. The first-order chi connectivity index (χ1) is 14.5. The van der Waals surface area contributed by atoms with Gasteiger partial charge in [-0.05, 0) is 36.9 Å². The average Bonchev–Trinajstić information content (AvgIpc) is 2.75. The fourth-order valence-electron chi connectivity index (χ4n) is 3.07. The number of amides is 2. The van der Waals surface area contributed by atoms with Crippen LogP contribution in [0.4, 0.5) is 11.4 Å². The average molecular weight is 422 g/mol. The predicted octanol–water partition coefficient (Wildman–Crippen LogP) is 4.44. The molecule has 0 aliphatic rings. The van der Waals surface area contributed by atoms with Crippen molar-refractivity contribution in [3.8, 4) is 0 Å². The van der Waals surface area contributed by atoms with Gasteiger partial charge in [0.2, 0.25) is 11.8 Å². The van der Waals surface area contributed by atoms with Crippen molar-refractivity contribution in [2.75, 3.05) is 30.4 Å². The van der Waals surface area contributed by atoms with Crippen LogP contribution in [-0.2, 0) is 16.1 Å². The molecule has 154 valence electrons. The van der Waals surface area contributed by atoms with E-state index in [1.54, 1.807) is 41.1 Å². The molecule has 3 aromatic rings. The standard InChI is InChI=1S/C24H24ClN3O2/c1-27(17-23(29)26-22-15-9-8-14-21(22)25)18-24(30)28(20-12-6-3-7-13-20)16-19-10-4-2-5-11-19/h2-15H,16-18H2,1H3,(H,26,29). The van der Waals surface area contributed by atoms with Gasteiger partial charge >= 0.3 is 0 Å². The Bertz CT molecular complexity index is 980. The predicted molar refractivity (Wildman–Crippen MR) is 122 cm³/mol. The Morgan fingerprint density at radius 1 is 0.833 bits per heavy atom. The highest BCUT2D eigenvalue weighted by Gasteiger charge is 2.19. The van der Waals surface area contributed by atoms with Crippen LogP contribution < -0.4 is 10.2 Å². The van der Waals surface area contributed by atoms with Crippen LogP contribution in [0.3, 0.4) is 0 Å². The molecule has 6 heteroatoms. The van der Waals surface area contributed by atoms with E-state index in [1.807, 2.05) is 60.7 Å². The third-order valence-corrected chi connectivity index (χ3v) is 4.85. The lowest BCUT2D eigenvalue weighted by molar-refractivity contribution is -0.121. The van der Waals surface area contributed by atoms with E-state index < -0.39 is 0 Å². The maximum atomic E-state index is 13.1. The van der Waals surface area contributed by atoms with Crippen molar-refractivity contribution in [2.45, 2.75) is 6.54 Å². The van der Waals surface area contributed by atoms with Gasteiger partial charge in [0.15, 0.2) is 0 Å². The molecule has 3 aromatic carbocycles. The van der Waals surface area contributed by atoms with Crippen molar-refractivity contribution in [2.24, 2.45) is 0 Å². The van der Waals surface area contributed by atoms with Crippen molar-refractivity contribution in [1.29, 1.82) is 0 Å². The number of rotatable bonds is 8. The Morgan fingerprint density at radius 2 is 1.43 bits per heavy atom. The molecule has 30 heavy (non-hydrogen) atoms. The molecule has 0 saturated heterocycles.